The van der Waals surface area contributed by atoms with E-state index in [1.54, 1.807) is 12.4 Å². The maximum absolute atomic E-state index is 5.97. The van der Waals surface area contributed by atoms with Gasteiger partial charge in [-0.05, 0) is 18.2 Å². The van der Waals surface area contributed by atoms with Gasteiger partial charge in [0, 0.05) is 18.2 Å². The highest BCUT2D eigenvalue weighted by Gasteiger charge is 2.21. The minimum absolute atomic E-state index is 0.128. The van der Waals surface area contributed by atoms with Gasteiger partial charge in [-0.15, -0.1) is 0 Å². The SMILES string of the molecule is NC(=NCCOc1cccnc1)NC1CCOc2ccccc21. The summed E-state index contributed by atoms with van der Waals surface area (Å²) in [6.45, 7) is 1.61. The highest BCUT2D eigenvalue weighted by atomic mass is 16.5. The number of ether oxygens (including phenoxy) is 2. The van der Waals surface area contributed by atoms with E-state index in [0.717, 1.165) is 23.5 Å². The molecule has 0 bridgehead atoms. The van der Waals surface area contributed by atoms with Gasteiger partial charge in [-0.1, -0.05) is 18.2 Å². The normalized spacial score (nSPS) is 17.0. The van der Waals surface area contributed by atoms with Gasteiger partial charge in [0.25, 0.3) is 0 Å². The fourth-order valence-corrected chi connectivity index (χ4v) is 2.48. The Balaban J connectivity index is 1.50. The van der Waals surface area contributed by atoms with Crippen molar-refractivity contribution >= 4 is 5.96 Å². The molecule has 1 atom stereocenters. The van der Waals surface area contributed by atoms with Gasteiger partial charge in [0.1, 0.15) is 18.1 Å². The first-order valence-electron chi connectivity index (χ1n) is 7.64. The molecule has 6 heteroatoms. The molecule has 6 nitrogen and oxygen atoms in total. The van der Waals surface area contributed by atoms with E-state index >= 15 is 0 Å². The molecule has 0 fully saturated rings. The number of guanidine groups is 1. The van der Waals surface area contributed by atoms with Crippen LogP contribution in [0.1, 0.15) is 18.0 Å². The molecule has 0 saturated carbocycles. The highest BCUT2D eigenvalue weighted by Crippen LogP contribution is 2.31. The number of para-hydroxylation sites is 1. The number of nitrogens with two attached hydrogens (primary N) is 1. The van der Waals surface area contributed by atoms with E-state index in [-0.39, 0.29) is 6.04 Å². The van der Waals surface area contributed by atoms with Crippen molar-refractivity contribution in [2.24, 2.45) is 10.7 Å². The summed E-state index contributed by atoms with van der Waals surface area (Å²) in [7, 11) is 0. The maximum atomic E-state index is 5.97. The lowest BCUT2D eigenvalue weighted by Gasteiger charge is -2.26. The third-order valence-corrected chi connectivity index (χ3v) is 3.56. The average Bonchev–Trinajstić information content (AvgIpc) is 2.60. The van der Waals surface area contributed by atoms with Gasteiger partial charge in [-0.2, -0.15) is 0 Å². The third-order valence-electron chi connectivity index (χ3n) is 3.56. The minimum Gasteiger partial charge on any atom is -0.493 e. The van der Waals surface area contributed by atoms with Gasteiger partial charge in [0.2, 0.25) is 0 Å². The molecule has 0 amide bonds. The Morgan fingerprint density at radius 1 is 1.35 bits per heavy atom. The molecular weight excluding hydrogens is 292 g/mol. The van der Waals surface area contributed by atoms with Crippen LogP contribution >= 0.6 is 0 Å². The average molecular weight is 312 g/mol. The second-order valence-electron chi connectivity index (χ2n) is 5.18. The quantitative estimate of drug-likeness (QED) is 0.500. The number of pyridine rings is 1. The summed E-state index contributed by atoms with van der Waals surface area (Å²) in [5, 5.41) is 3.25. The zero-order valence-electron chi connectivity index (χ0n) is 12.8. The Bertz CT molecular complexity index is 661. The van der Waals surface area contributed by atoms with Crippen molar-refractivity contribution in [3.8, 4) is 11.5 Å². The summed E-state index contributed by atoms with van der Waals surface area (Å²) in [6, 6.07) is 11.8. The van der Waals surface area contributed by atoms with Gasteiger partial charge in [0.15, 0.2) is 5.96 Å². The van der Waals surface area contributed by atoms with Crippen LogP contribution in [-0.2, 0) is 0 Å². The molecule has 23 heavy (non-hydrogen) atoms. The van der Waals surface area contributed by atoms with Crippen molar-refractivity contribution in [1.29, 1.82) is 0 Å². The molecular formula is C17H20N4O2. The van der Waals surface area contributed by atoms with Crippen molar-refractivity contribution in [1.82, 2.24) is 10.3 Å². The molecule has 0 saturated heterocycles. The predicted octanol–water partition coefficient (Wildman–Crippen LogP) is 1.89. The van der Waals surface area contributed by atoms with Crippen molar-refractivity contribution < 1.29 is 9.47 Å². The van der Waals surface area contributed by atoms with Crippen LogP contribution in [0.25, 0.3) is 0 Å². The highest BCUT2D eigenvalue weighted by molar-refractivity contribution is 5.78. The topological polar surface area (TPSA) is 81.8 Å². The molecule has 3 N–H and O–H groups in total. The summed E-state index contributed by atoms with van der Waals surface area (Å²) in [6.07, 6.45) is 4.24. The zero-order valence-corrected chi connectivity index (χ0v) is 12.8. The molecule has 0 radical (unpaired) electrons. The number of nitrogens with zero attached hydrogens (tertiary/aromatic N) is 2. The maximum Gasteiger partial charge on any atom is 0.189 e. The van der Waals surface area contributed by atoms with E-state index in [0.29, 0.717) is 25.7 Å². The van der Waals surface area contributed by atoms with Gasteiger partial charge in [-0.25, -0.2) is 4.99 Å². The van der Waals surface area contributed by atoms with Crippen LogP contribution in [0.4, 0.5) is 0 Å². The van der Waals surface area contributed by atoms with E-state index in [4.69, 9.17) is 15.2 Å². The van der Waals surface area contributed by atoms with E-state index < -0.39 is 0 Å². The number of aromatic nitrogens is 1. The number of hydrogen-bond donors (Lipinski definition) is 2. The summed E-state index contributed by atoms with van der Waals surface area (Å²) in [5.74, 6) is 2.05. The lowest BCUT2D eigenvalue weighted by Crippen LogP contribution is -2.37. The molecule has 1 aromatic heterocycles. The van der Waals surface area contributed by atoms with Crippen molar-refractivity contribution in [2.45, 2.75) is 12.5 Å². The number of benzene rings is 1. The largest absolute Gasteiger partial charge is 0.493 e. The Morgan fingerprint density at radius 3 is 3.13 bits per heavy atom. The van der Waals surface area contributed by atoms with E-state index in [2.05, 4.69) is 15.3 Å². The summed E-state index contributed by atoms with van der Waals surface area (Å²) >= 11 is 0. The molecule has 2 aromatic rings. The lowest BCUT2D eigenvalue weighted by atomic mass is 10.0. The van der Waals surface area contributed by atoms with Crippen molar-refractivity contribution in [3.05, 3.63) is 54.4 Å². The van der Waals surface area contributed by atoms with Crippen LogP contribution in [-0.4, -0.2) is 30.7 Å². The van der Waals surface area contributed by atoms with Crippen LogP contribution in [0, 0.1) is 0 Å². The van der Waals surface area contributed by atoms with Gasteiger partial charge in [-0.3, -0.25) is 4.98 Å². The van der Waals surface area contributed by atoms with E-state index in [1.165, 1.54) is 0 Å². The molecule has 1 aromatic carbocycles. The molecule has 2 heterocycles. The Hall–Kier alpha value is -2.76. The molecule has 1 aliphatic heterocycles. The van der Waals surface area contributed by atoms with Crippen LogP contribution in [0.2, 0.25) is 0 Å². The monoisotopic (exact) mass is 312 g/mol. The van der Waals surface area contributed by atoms with E-state index in [1.807, 2.05) is 36.4 Å². The second kappa shape index (κ2) is 7.49. The molecule has 1 aliphatic rings. The fraction of sp³-hybridized carbons (Fsp3) is 0.294. The molecule has 3 rings (SSSR count). The number of fused-ring (bicyclic) bond motifs is 1. The molecule has 120 valence electrons. The first-order chi connectivity index (χ1) is 11.3. The lowest BCUT2D eigenvalue weighted by molar-refractivity contribution is 0.262. The van der Waals surface area contributed by atoms with E-state index in [9.17, 15) is 0 Å². The first-order valence-corrected chi connectivity index (χ1v) is 7.64. The minimum atomic E-state index is 0.128. The Kier molecular flexibility index (Phi) is 4.93. The second-order valence-corrected chi connectivity index (χ2v) is 5.18. The first kappa shape index (κ1) is 15.1. The summed E-state index contributed by atoms with van der Waals surface area (Å²) < 4.78 is 11.2. The Morgan fingerprint density at radius 2 is 2.26 bits per heavy atom. The standard InChI is InChI=1S/C17H20N4O2/c18-17(20-9-11-22-13-4-3-8-19-12-13)21-15-7-10-23-16-6-2-1-5-14(15)16/h1-6,8,12,15H,7,9-11H2,(H3,18,20,21). The van der Waals surface area contributed by atoms with Crippen molar-refractivity contribution in [3.63, 3.8) is 0 Å². The third kappa shape index (κ3) is 4.12. The molecule has 1 unspecified atom stereocenters. The van der Waals surface area contributed by atoms with Gasteiger partial charge < -0.3 is 20.5 Å². The summed E-state index contributed by atoms with van der Waals surface area (Å²) in [5.41, 5.74) is 7.09. The van der Waals surface area contributed by atoms with Crippen LogP contribution in [0.3, 0.4) is 0 Å². The number of rotatable bonds is 5. The number of nitrogens with one attached hydrogen (secondary N) is 1. The Labute approximate surface area is 135 Å². The van der Waals surface area contributed by atoms with Crippen molar-refractivity contribution in [2.75, 3.05) is 19.8 Å². The molecule has 0 spiro atoms. The predicted molar refractivity (Wildman–Crippen MR) is 88.7 cm³/mol. The zero-order chi connectivity index (χ0) is 15.9. The molecule has 0 aliphatic carbocycles. The van der Waals surface area contributed by atoms with Crippen LogP contribution < -0.4 is 20.5 Å². The fourth-order valence-electron chi connectivity index (χ4n) is 2.48. The number of aliphatic imine (C=N–C) groups is 1. The number of hydrogen-bond acceptors (Lipinski definition) is 4. The van der Waals surface area contributed by atoms with Gasteiger partial charge in [0.05, 0.1) is 25.4 Å². The van der Waals surface area contributed by atoms with Gasteiger partial charge >= 0.3 is 0 Å². The smallest absolute Gasteiger partial charge is 0.189 e. The summed E-state index contributed by atoms with van der Waals surface area (Å²) in [4.78, 5) is 8.29. The van der Waals surface area contributed by atoms with Crippen LogP contribution in [0.5, 0.6) is 11.5 Å². The van der Waals surface area contributed by atoms with Crippen LogP contribution in [0.15, 0.2) is 53.8 Å².